The first-order chi connectivity index (χ1) is 16.3. The quantitative estimate of drug-likeness (QED) is 0.351. The van der Waals surface area contributed by atoms with Gasteiger partial charge in [-0.05, 0) is 63.5 Å². The summed E-state index contributed by atoms with van der Waals surface area (Å²) in [5.74, 6) is -1.20. The van der Waals surface area contributed by atoms with Crippen LogP contribution in [0.2, 0.25) is 5.02 Å². The van der Waals surface area contributed by atoms with E-state index in [1.54, 1.807) is 36.4 Å². The highest BCUT2D eigenvalue weighted by Gasteiger charge is 2.43. The second kappa shape index (κ2) is 8.45. The van der Waals surface area contributed by atoms with E-state index in [4.69, 9.17) is 20.8 Å². The van der Waals surface area contributed by atoms with Crippen molar-refractivity contribution in [3.05, 3.63) is 103 Å². The lowest BCUT2D eigenvalue weighted by molar-refractivity contribution is 0.0714. The predicted octanol–water partition coefficient (Wildman–Crippen LogP) is 5.81. The smallest absolute Gasteiger partial charge is 0.291 e. The number of carbonyl (C=O) groups excluding carboxylic acids is 1. The first-order valence-electron chi connectivity index (χ1n) is 10.2. The Kier molecular flexibility index (Phi) is 5.58. The summed E-state index contributed by atoms with van der Waals surface area (Å²) in [6.07, 6.45) is 0. The van der Waals surface area contributed by atoms with Crippen molar-refractivity contribution in [3.63, 3.8) is 0 Å². The monoisotopic (exact) mass is 543 g/mol. The number of carbonyl (C=O) groups is 1. The van der Waals surface area contributed by atoms with Crippen LogP contribution >= 0.6 is 27.5 Å². The zero-order valence-corrected chi connectivity index (χ0v) is 20.0. The van der Waals surface area contributed by atoms with Crippen molar-refractivity contribution in [1.82, 2.24) is 4.90 Å². The minimum Gasteiger partial charge on any atom is -0.503 e. The van der Waals surface area contributed by atoms with Crippen molar-refractivity contribution in [1.29, 1.82) is 0 Å². The minimum atomic E-state index is -0.895. The molecule has 1 amide bonds. The molecule has 4 aromatic rings. The number of fused-ring (bicyclic) bond motifs is 2. The summed E-state index contributed by atoms with van der Waals surface area (Å²) in [5.41, 5.74) is 0.835. The Morgan fingerprint density at radius 3 is 2.68 bits per heavy atom. The van der Waals surface area contributed by atoms with Gasteiger partial charge in [0, 0.05) is 11.6 Å². The first-order valence-corrected chi connectivity index (χ1v) is 11.3. The maximum atomic E-state index is 13.9. The molecule has 0 bridgehead atoms. The van der Waals surface area contributed by atoms with Crippen molar-refractivity contribution in [3.8, 4) is 11.5 Å². The molecule has 0 saturated heterocycles. The van der Waals surface area contributed by atoms with Crippen LogP contribution in [-0.2, 0) is 6.54 Å². The Morgan fingerprint density at radius 2 is 1.94 bits per heavy atom. The van der Waals surface area contributed by atoms with E-state index in [1.165, 1.54) is 18.1 Å². The SMILES string of the molecule is COc1cc([C@@H]2c3c(oc4ccc(F)cc4c3=O)C(=O)N2Cc2ccccc2Cl)cc(Br)c1O. The number of aromatic hydroxyl groups is 1. The summed E-state index contributed by atoms with van der Waals surface area (Å²) in [5, 5.41) is 10.8. The van der Waals surface area contributed by atoms with Gasteiger partial charge in [0.15, 0.2) is 16.9 Å². The van der Waals surface area contributed by atoms with Crippen molar-refractivity contribution in [2.45, 2.75) is 12.6 Å². The van der Waals surface area contributed by atoms with Gasteiger partial charge >= 0.3 is 0 Å². The molecule has 1 aliphatic heterocycles. The van der Waals surface area contributed by atoms with Gasteiger partial charge in [-0.1, -0.05) is 29.8 Å². The van der Waals surface area contributed by atoms with E-state index in [9.17, 15) is 19.1 Å². The largest absolute Gasteiger partial charge is 0.503 e. The third-order valence-electron chi connectivity index (χ3n) is 5.81. The number of rotatable bonds is 4. The normalized spacial score (nSPS) is 15.1. The average molecular weight is 545 g/mol. The predicted molar refractivity (Wildman–Crippen MR) is 128 cm³/mol. The number of benzene rings is 3. The van der Waals surface area contributed by atoms with Gasteiger partial charge in [-0.15, -0.1) is 0 Å². The molecule has 5 rings (SSSR count). The van der Waals surface area contributed by atoms with E-state index in [0.29, 0.717) is 20.6 Å². The topological polar surface area (TPSA) is 80.0 Å². The molecule has 3 aromatic carbocycles. The number of amides is 1. The van der Waals surface area contributed by atoms with Gasteiger partial charge in [-0.3, -0.25) is 9.59 Å². The standard InChI is InChI=1S/C25H16BrClFNO5/c1-33-19-9-13(8-16(26)23(19)31)21-20-22(30)15-10-14(28)6-7-18(15)34-24(20)25(32)29(21)11-12-4-2-3-5-17(12)27/h2-10,21,31H,11H2,1H3/t21-/m1/s1. The minimum absolute atomic E-state index is 0.0287. The molecular weight excluding hydrogens is 529 g/mol. The Balaban J connectivity index is 1.78. The average Bonchev–Trinajstić information content (AvgIpc) is 3.09. The van der Waals surface area contributed by atoms with Crippen LogP contribution in [0.25, 0.3) is 11.0 Å². The maximum absolute atomic E-state index is 13.9. The number of hydrogen-bond donors (Lipinski definition) is 1. The van der Waals surface area contributed by atoms with Crippen molar-refractivity contribution >= 4 is 44.4 Å². The van der Waals surface area contributed by atoms with Crippen LogP contribution in [0.3, 0.4) is 0 Å². The molecule has 6 nitrogen and oxygen atoms in total. The lowest BCUT2D eigenvalue weighted by atomic mass is 9.97. The first kappa shape index (κ1) is 22.4. The van der Waals surface area contributed by atoms with Gasteiger partial charge in [0.05, 0.1) is 28.6 Å². The maximum Gasteiger partial charge on any atom is 0.291 e. The van der Waals surface area contributed by atoms with Crippen molar-refractivity contribution in [2.24, 2.45) is 0 Å². The van der Waals surface area contributed by atoms with E-state index in [0.717, 1.165) is 12.1 Å². The molecule has 0 unspecified atom stereocenters. The Bertz CT molecular complexity index is 1540. The molecule has 0 spiro atoms. The second-order valence-corrected chi connectivity index (χ2v) is 9.06. The number of ether oxygens (including phenoxy) is 1. The zero-order valence-electron chi connectivity index (χ0n) is 17.6. The van der Waals surface area contributed by atoms with Crippen LogP contribution in [-0.4, -0.2) is 23.0 Å². The fourth-order valence-electron chi connectivity index (χ4n) is 4.22. The molecule has 9 heteroatoms. The highest BCUT2D eigenvalue weighted by atomic mass is 79.9. The molecule has 1 aliphatic rings. The van der Waals surface area contributed by atoms with Gasteiger partial charge < -0.3 is 19.2 Å². The molecule has 0 saturated carbocycles. The highest BCUT2D eigenvalue weighted by molar-refractivity contribution is 9.10. The third-order valence-corrected chi connectivity index (χ3v) is 6.79. The molecular formula is C25H16BrClFNO5. The molecule has 2 heterocycles. The molecule has 1 atom stereocenters. The van der Waals surface area contributed by atoms with Gasteiger partial charge in [-0.25, -0.2) is 4.39 Å². The molecule has 0 fully saturated rings. The number of halogens is 3. The number of hydrogen-bond acceptors (Lipinski definition) is 5. The number of phenolic OH excluding ortho intramolecular Hbond substituents is 1. The molecule has 172 valence electrons. The van der Waals surface area contributed by atoms with Gasteiger partial charge in [-0.2, -0.15) is 0 Å². The van der Waals surface area contributed by atoms with E-state index in [2.05, 4.69) is 15.9 Å². The lowest BCUT2D eigenvalue weighted by Gasteiger charge is -2.26. The van der Waals surface area contributed by atoms with Crippen LogP contribution in [0.5, 0.6) is 11.5 Å². The number of methoxy groups -OCH3 is 1. The lowest BCUT2D eigenvalue weighted by Crippen LogP contribution is -2.29. The van der Waals surface area contributed by atoms with Crippen LogP contribution in [0.1, 0.15) is 33.3 Å². The Labute approximate surface area is 206 Å². The van der Waals surface area contributed by atoms with Crippen molar-refractivity contribution in [2.75, 3.05) is 7.11 Å². The van der Waals surface area contributed by atoms with E-state index < -0.39 is 23.2 Å². The van der Waals surface area contributed by atoms with Crippen LogP contribution in [0, 0.1) is 5.82 Å². The zero-order chi connectivity index (χ0) is 24.1. The molecule has 0 aliphatic carbocycles. The van der Waals surface area contributed by atoms with E-state index in [1.807, 2.05) is 0 Å². The summed E-state index contributed by atoms with van der Waals surface area (Å²) in [4.78, 5) is 28.6. The van der Waals surface area contributed by atoms with Crippen LogP contribution in [0.4, 0.5) is 4.39 Å². The summed E-state index contributed by atoms with van der Waals surface area (Å²) in [7, 11) is 1.39. The summed E-state index contributed by atoms with van der Waals surface area (Å²) >= 11 is 9.66. The molecule has 1 N–H and O–H groups in total. The summed E-state index contributed by atoms with van der Waals surface area (Å²) < 4.78 is 25.4. The molecule has 1 aromatic heterocycles. The fourth-order valence-corrected chi connectivity index (χ4v) is 4.87. The van der Waals surface area contributed by atoms with E-state index >= 15 is 0 Å². The van der Waals surface area contributed by atoms with E-state index in [-0.39, 0.29) is 40.3 Å². The fraction of sp³-hybridized carbons (Fsp3) is 0.120. The molecule has 34 heavy (non-hydrogen) atoms. The Hall–Kier alpha value is -3.36. The number of phenols is 1. The third kappa shape index (κ3) is 3.54. The Morgan fingerprint density at radius 1 is 1.18 bits per heavy atom. The summed E-state index contributed by atoms with van der Waals surface area (Å²) in [6, 6.07) is 12.9. The van der Waals surface area contributed by atoms with Crippen LogP contribution in [0.15, 0.2) is 68.3 Å². The second-order valence-electron chi connectivity index (χ2n) is 7.80. The van der Waals surface area contributed by atoms with Gasteiger partial charge in [0.2, 0.25) is 5.76 Å². The van der Waals surface area contributed by atoms with Crippen molar-refractivity contribution < 1.29 is 23.4 Å². The van der Waals surface area contributed by atoms with Crippen LogP contribution < -0.4 is 10.2 Å². The summed E-state index contributed by atoms with van der Waals surface area (Å²) in [6.45, 7) is 0.0817. The highest BCUT2D eigenvalue weighted by Crippen LogP contribution is 2.44. The van der Waals surface area contributed by atoms with Gasteiger partial charge in [0.1, 0.15) is 11.4 Å². The van der Waals surface area contributed by atoms with Gasteiger partial charge in [0.25, 0.3) is 5.91 Å². The molecule has 0 radical (unpaired) electrons. The number of nitrogens with zero attached hydrogens (tertiary/aromatic N) is 1.